The summed E-state index contributed by atoms with van der Waals surface area (Å²) < 4.78 is 5.54. The van der Waals surface area contributed by atoms with Gasteiger partial charge in [-0.3, -0.25) is 4.79 Å². The van der Waals surface area contributed by atoms with E-state index in [2.05, 4.69) is 10.6 Å². The smallest absolute Gasteiger partial charge is 0.335 e. The SMILES string of the molecule is CCOc1cc(C(=O)N(C)C)ccc1NC(=O)NCc1ccc(C(=O)O)cc1. The molecule has 8 nitrogen and oxygen atoms in total. The number of carboxylic acid groups (broad SMARTS) is 1. The Morgan fingerprint density at radius 3 is 2.25 bits per heavy atom. The van der Waals surface area contributed by atoms with Crippen molar-refractivity contribution >= 4 is 23.6 Å². The van der Waals surface area contributed by atoms with Crippen LogP contribution in [0.1, 0.15) is 33.2 Å². The van der Waals surface area contributed by atoms with Gasteiger partial charge in [-0.2, -0.15) is 0 Å². The summed E-state index contributed by atoms with van der Waals surface area (Å²) in [4.78, 5) is 36.6. The highest BCUT2D eigenvalue weighted by Gasteiger charge is 2.14. The van der Waals surface area contributed by atoms with Crippen molar-refractivity contribution in [3.05, 3.63) is 59.2 Å². The summed E-state index contributed by atoms with van der Waals surface area (Å²) in [6.07, 6.45) is 0. The first-order chi connectivity index (χ1) is 13.3. The molecule has 0 atom stereocenters. The maximum absolute atomic E-state index is 12.2. The van der Waals surface area contributed by atoms with Gasteiger partial charge in [-0.1, -0.05) is 12.1 Å². The number of hydrogen-bond donors (Lipinski definition) is 3. The van der Waals surface area contributed by atoms with Crippen molar-refractivity contribution in [3.63, 3.8) is 0 Å². The Bertz CT molecular complexity index is 863. The third kappa shape index (κ3) is 5.47. The molecule has 0 aliphatic carbocycles. The van der Waals surface area contributed by atoms with Gasteiger partial charge in [-0.05, 0) is 42.8 Å². The molecule has 2 aromatic carbocycles. The molecule has 0 fully saturated rings. The van der Waals surface area contributed by atoms with Gasteiger partial charge in [-0.25, -0.2) is 9.59 Å². The van der Waals surface area contributed by atoms with Crippen LogP contribution in [0.5, 0.6) is 5.75 Å². The maximum Gasteiger partial charge on any atom is 0.335 e. The van der Waals surface area contributed by atoms with Crippen molar-refractivity contribution in [2.75, 3.05) is 26.0 Å². The second-order valence-electron chi connectivity index (χ2n) is 6.15. The number of carboxylic acids is 1. The Hall–Kier alpha value is -3.55. The number of hydrogen-bond acceptors (Lipinski definition) is 4. The number of nitrogens with one attached hydrogen (secondary N) is 2. The number of ether oxygens (including phenoxy) is 1. The molecule has 148 valence electrons. The van der Waals surface area contributed by atoms with E-state index < -0.39 is 12.0 Å². The summed E-state index contributed by atoms with van der Waals surface area (Å²) >= 11 is 0. The molecule has 3 N–H and O–H groups in total. The Labute approximate surface area is 163 Å². The molecule has 0 spiro atoms. The van der Waals surface area contributed by atoms with E-state index in [1.807, 2.05) is 6.92 Å². The molecule has 3 amide bonds. The van der Waals surface area contributed by atoms with E-state index in [0.717, 1.165) is 5.56 Å². The molecule has 0 aromatic heterocycles. The van der Waals surface area contributed by atoms with Crippen molar-refractivity contribution in [1.29, 1.82) is 0 Å². The predicted octanol–water partition coefficient (Wildman–Crippen LogP) is 2.81. The number of carbonyl (C=O) groups excluding carboxylic acids is 2. The number of carbonyl (C=O) groups is 3. The van der Waals surface area contributed by atoms with Crippen LogP contribution in [-0.2, 0) is 6.54 Å². The molecule has 2 rings (SSSR count). The summed E-state index contributed by atoms with van der Waals surface area (Å²) in [6.45, 7) is 2.42. The minimum Gasteiger partial charge on any atom is -0.492 e. The number of aromatic carboxylic acids is 1. The molecular weight excluding hydrogens is 362 g/mol. The summed E-state index contributed by atoms with van der Waals surface area (Å²) in [5.41, 5.74) is 1.84. The monoisotopic (exact) mass is 385 g/mol. The van der Waals surface area contributed by atoms with Crippen LogP contribution in [0.25, 0.3) is 0 Å². The minimum atomic E-state index is -1.00. The highest BCUT2D eigenvalue weighted by molar-refractivity contribution is 5.96. The van der Waals surface area contributed by atoms with Crippen LogP contribution < -0.4 is 15.4 Å². The van der Waals surface area contributed by atoms with E-state index in [-0.39, 0.29) is 18.0 Å². The second-order valence-corrected chi connectivity index (χ2v) is 6.15. The van der Waals surface area contributed by atoms with Crippen molar-refractivity contribution in [2.24, 2.45) is 0 Å². The third-order valence-corrected chi connectivity index (χ3v) is 3.84. The molecule has 0 bridgehead atoms. The minimum absolute atomic E-state index is 0.165. The van der Waals surface area contributed by atoms with Gasteiger partial charge in [0.2, 0.25) is 0 Å². The average Bonchev–Trinajstić information content (AvgIpc) is 2.67. The Morgan fingerprint density at radius 2 is 1.68 bits per heavy atom. The number of anilines is 1. The molecule has 8 heteroatoms. The lowest BCUT2D eigenvalue weighted by atomic mass is 10.1. The Kier molecular flexibility index (Phi) is 6.97. The quantitative estimate of drug-likeness (QED) is 0.679. The van der Waals surface area contributed by atoms with Gasteiger partial charge in [0, 0.05) is 26.2 Å². The van der Waals surface area contributed by atoms with Crippen LogP contribution in [0, 0.1) is 0 Å². The molecule has 0 aliphatic heterocycles. The van der Waals surface area contributed by atoms with Crippen LogP contribution in [0.15, 0.2) is 42.5 Å². The first kappa shape index (κ1) is 20.8. The van der Waals surface area contributed by atoms with Gasteiger partial charge < -0.3 is 25.4 Å². The van der Waals surface area contributed by atoms with E-state index in [9.17, 15) is 14.4 Å². The van der Waals surface area contributed by atoms with Crippen molar-refractivity contribution in [1.82, 2.24) is 10.2 Å². The molecule has 0 unspecified atom stereocenters. The lowest BCUT2D eigenvalue weighted by Gasteiger charge is -2.15. The molecule has 0 saturated heterocycles. The lowest BCUT2D eigenvalue weighted by Crippen LogP contribution is -2.28. The number of nitrogens with zero attached hydrogens (tertiary/aromatic N) is 1. The van der Waals surface area contributed by atoms with Gasteiger partial charge in [0.05, 0.1) is 17.9 Å². The predicted molar refractivity (Wildman–Crippen MR) is 105 cm³/mol. The third-order valence-electron chi connectivity index (χ3n) is 3.84. The first-order valence-electron chi connectivity index (χ1n) is 8.67. The Morgan fingerprint density at radius 1 is 1.04 bits per heavy atom. The van der Waals surface area contributed by atoms with Gasteiger partial charge >= 0.3 is 12.0 Å². The molecule has 0 heterocycles. The van der Waals surface area contributed by atoms with Crippen LogP contribution in [-0.4, -0.2) is 48.6 Å². The topological polar surface area (TPSA) is 108 Å². The molecule has 0 saturated carbocycles. The standard InChI is InChI=1S/C20H23N3O5/c1-4-28-17-11-15(18(24)23(2)3)9-10-16(17)22-20(27)21-12-13-5-7-14(8-6-13)19(25)26/h5-11H,4,12H2,1-3H3,(H,25,26)(H2,21,22,27). The normalized spacial score (nSPS) is 10.1. The number of urea groups is 1. The molecular formula is C20H23N3O5. The second kappa shape index (κ2) is 9.40. The van der Waals surface area contributed by atoms with Gasteiger partial charge in [0.1, 0.15) is 5.75 Å². The zero-order chi connectivity index (χ0) is 20.7. The number of benzene rings is 2. The van der Waals surface area contributed by atoms with E-state index in [0.29, 0.717) is 23.6 Å². The molecule has 0 aliphatic rings. The summed E-state index contributed by atoms with van der Waals surface area (Å²) in [5, 5.41) is 14.3. The number of rotatable bonds is 7. The summed E-state index contributed by atoms with van der Waals surface area (Å²) in [5.74, 6) is -0.769. The van der Waals surface area contributed by atoms with Crippen LogP contribution in [0.4, 0.5) is 10.5 Å². The van der Waals surface area contributed by atoms with E-state index in [1.54, 1.807) is 44.4 Å². The zero-order valence-electron chi connectivity index (χ0n) is 16.0. The Balaban J connectivity index is 2.03. The molecule has 0 radical (unpaired) electrons. The fourth-order valence-corrected chi connectivity index (χ4v) is 2.41. The fraction of sp³-hybridized carbons (Fsp3) is 0.250. The van der Waals surface area contributed by atoms with Crippen LogP contribution in [0.2, 0.25) is 0 Å². The van der Waals surface area contributed by atoms with Crippen molar-refractivity contribution in [3.8, 4) is 5.75 Å². The van der Waals surface area contributed by atoms with E-state index >= 15 is 0 Å². The molecule has 28 heavy (non-hydrogen) atoms. The van der Waals surface area contributed by atoms with E-state index in [1.165, 1.54) is 17.0 Å². The maximum atomic E-state index is 12.2. The molecule has 2 aromatic rings. The van der Waals surface area contributed by atoms with Crippen LogP contribution >= 0.6 is 0 Å². The highest BCUT2D eigenvalue weighted by atomic mass is 16.5. The summed E-state index contributed by atoms with van der Waals surface area (Å²) in [6, 6.07) is 10.6. The average molecular weight is 385 g/mol. The zero-order valence-corrected chi connectivity index (χ0v) is 16.0. The first-order valence-corrected chi connectivity index (χ1v) is 8.67. The highest BCUT2D eigenvalue weighted by Crippen LogP contribution is 2.26. The largest absolute Gasteiger partial charge is 0.492 e. The van der Waals surface area contributed by atoms with Crippen molar-refractivity contribution in [2.45, 2.75) is 13.5 Å². The van der Waals surface area contributed by atoms with Gasteiger partial charge in [0.25, 0.3) is 5.91 Å². The van der Waals surface area contributed by atoms with Crippen molar-refractivity contribution < 1.29 is 24.2 Å². The fourth-order valence-electron chi connectivity index (χ4n) is 2.41. The summed E-state index contributed by atoms with van der Waals surface area (Å²) in [7, 11) is 3.32. The van der Waals surface area contributed by atoms with Crippen LogP contribution in [0.3, 0.4) is 0 Å². The van der Waals surface area contributed by atoms with Gasteiger partial charge in [-0.15, -0.1) is 0 Å². The lowest BCUT2D eigenvalue weighted by molar-refractivity contribution is 0.0696. The number of amides is 3. The van der Waals surface area contributed by atoms with E-state index in [4.69, 9.17) is 9.84 Å². The van der Waals surface area contributed by atoms with Gasteiger partial charge in [0.15, 0.2) is 0 Å².